The van der Waals surface area contributed by atoms with E-state index in [1.54, 1.807) is 6.20 Å². The van der Waals surface area contributed by atoms with Gasteiger partial charge in [-0.05, 0) is 43.4 Å². The summed E-state index contributed by atoms with van der Waals surface area (Å²) in [4.78, 5) is 14.8. The SMILES string of the molecule is O=C(C1=Cc2ccccc2OC1)N1CCC[C@@H](Cc2ccn[nH]2)C1. The number of H-pyrrole nitrogens is 1. The van der Waals surface area contributed by atoms with Gasteiger partial charge in [0.1, 0.15) is 12.4 Å². The second-order valence-corrected chi connectivity index (χ2v) is 6.54. The van der Waals surface area contributed by atoms with Gasteiger partial charge < -0.3 is 9.64 Å². The monoisotopic (exact) mass is 323 g/mol. The van der Waals surface area contributed by atoms with Crippen LogP contribution < -0.4 is 4.74 Å². The minimum atomic E-state index is 0.110. The summed E-state index contributed by atoms with van der Waals surface area (Å²) in [7, 11) is 0. The molecule has 0 spiro atoms. The number of likely N-dealkylation sites (tertiary alicyclic amines) is 1. The van der Waals surface area contributed by atoms with Gasteiger partial charge in [0.25, 0.3) is 5.91 Å². The highest BCUT2D eigenvalue weighted by molar-refractivity contribution is 5.99. The van der Waals surface area contributed by atoms with E-state index < -0.39 is 0 Å². The van der Waals surface area contributed by atoms with E-state index in [0.29, 0.717) is 12.5 Å². The van der Waals surface area contributed by atoms with Gasteiger partial charge in [-0.1, -0.05) is 18.2 Å². The van der Waals surface area contributed by atoms with Crippen LogP contribution in [0.1, 0.15) is 24.1 Å². The molecule has 124 valence electrons. The predicted octanol–water partition coefficient (Wildman–Crippen LogP) is 2.67. The maximum absolute atomic E-state index is 12.9. The number of piperidine rings is 1. The Morgan fingerprint density at radius 1 is 1.33 bits per heavy atom. The zero-order valence-corrected chi connectivity index (χ0v) is 13.6. The Morgan fingerprint density at radius 2 is 2.25 bits per heavy atom. The van der Waals surface area contributed by atoms with Crippen molar-refractivity contribution in [3.8, 4) is 5.75 Å². The summed E-state index contributed by atoms with van der Waals surface area (Å²) in [6.45, 7) is 1.99. The number of para-hydroxylation sites is 1. The van der Waals surface area contributed by atoms with Crippen LogP contribution in [0, 0.1) is 5.92 Å². The van der Waals surface area contributed by atoms with E-state index in [4.69, 9.17) is 4.74 Å². The molecule has 1 fully saturated rings. The third-order valence-corrected chi connectivity index (χ3v) is 4.78. The second kappa shape index (κ2) is 6.51. The molecule has 1 atom stereocenters. The third-order valence-electron chi connectivity index (χ3n) is 4.78. The number of rotatable bonds is 3. The first-order chi connectivity index (χ1) is 11.8. The van der Waals surface area contributed by atoms with E-state index >= 15 is 0 Å². The number of hydrogen-bond donors (Lipinski definition) is 1. The molecule has 2 aliphatic heterocycles. The molecule has 5 nitrogen and oxygen atoms in total. The Morgan fingerprint density at radius 3 is 3.12 bits per heavy atom. The van der Waals surface area contributed by atoms with E-state index in [0.717, 1.165) is 54.9 Å². The van der Waals surface area contributed by atoms with Gasteiger partial charge in [0.2, 0.25) is 0 Å². The number of aromatic nitrogens is 2. The van der Waals surface area contributed by atoms with Gasteiger partial charge in [-0.25, -0.2) is 0 Å². The fraction of sp³-hybridized carbons (Fsp3) is 0.368. The summed E-state index contributed by atoms with van der Waals surface area (Å²) < 4.78 is 5.73. The number of nitrogens with zero attached hydrogens (tertiary/aromatic N) is 2. The van der Waals surface area contributed by atoms with Gasteiger partial charge >= 0.3 is 0 Å². The van der Waals surface area contributed by atoms with Gasteiger partial charge in [0, 0.05) is 30.5 Å². The molecule has 5 heteroatoms. The number of aromatic amines is 1. The molecule has 0 unspecified atom stereocenters. The average molecular weight is 323 g/mol. The molecular formula is C19H21N3O2. The fourth-order valence-electron chi connectivity index (χ4n) is 3.57. The summed E-state index contributed by atoms with van der Waals surface area (Å²) in [6, 6.07) is 9.85. The van der Waals surface area contributed by atoms with Crippen molar-refractivity contribution in [3.63, 3.8) is 0 Å². The highest BCUT2D eigenvalue weighted by Crippen LogP contribution is 2.28. The van der Waals surface area contributed by atoms with Crippen LogP contribution in [-0.2, 0) is 11.2 Å². The highest BCUT2D eigenvalue weighted by atomic mass is 16.5. The summed E-state index contributed by atoms with van der Waals surface area (Å²) in [6.07, 6.45) is 6.90. The maximum Gasteiger partial charge on any atom is 0.253 e. The quantitative estimate of drug-likeness (QED) is 0.945. The summed E-state index contributed by atoms with van der Waals surface area (Å²) in [5.74, 6) is 1.45. The number of carbonyl (C=O) groups is 1. The van der Waals surface area contributed by atoms with Crippen LogP contribution in [0.25, 0.3) is 6.08 Å². The lowest BCUT2D eigenvalue weighted by Gasteiger charge is -2.33. The van der Waals surface area contributed by atoms with Crippen LogP contribution >= 0.6 is 0 Å². The molecule has 0 saturated carbocycles. The molecule has 0 radical (unpaired) electrons. The Hall–Kier alpha value is -2.56. The molecule has 2 aromatic rings. The lowest BCUT2D eigenvalue weighted by atomic mass is 9.93. The molecule has 1 amide bonds. The van der Waals surface area contributed by atoms with Crippen molar-refractivity contribution < 1.29 is 9.53 Å². The Bertz CT molecular complexity index is 752. The molecular weight excluding hydrogens is 302 g/mol. The van der Waals surface area contributed by atoms with Gasteiger partial charge in [-0.15, -0.1) is 0 Å². The van der Waals surface area contributed by atoms with Crippen molar-refractivity contribution >= 4 is 12.0 Å². The highest BCUT2D eigenvalue weighted by Gasteiger charge is 2.27. The number of ether oxygens (including phenoxy) is 1. The van der Waals surface area contributed by atoms with Crippen molar-refractivity contribution in [2.75, 3.05) is 19.7 Å². The molecule has 4 rings (SSSR count). The Kier molecular flexibility index (Phi) is 4.07. The number of nitrogens with one attached hydrogen (secondary N) is 1. The molecule has 0 aliphatic carbocycles. The smallest absolute Gasteiger partial charge is 0.253 e. The summed E-state index contributed by atoms with van der Waals surface area (Å²) in [5.41, 5.74) is 2.87. The zero-order valence-electron chi connectivity index (χ0n) is 13.6. The van der Waals surface area contributed by atoms with Gasteiger partial charge in [0.05, 0.1) is 5.57 Å². The first kappa shape index (κ1) is 15.0. The number of fused-ring (bicyclic) bond motifs is 1. The van der Waals surface area contributed by atoms with Gasteiger partial charge in [-0.2, -0.15) is 5.10 Å². The predicted molar refractivity (Wildman–Crippen MR) is 91.5 cm³/mol. The lowest BCUT2D eigenvalue weighted by molar-refractivity contribution is -0.129. The fourth-order valence-corrected chi connectivity index (χ4v) is 3.57. The Labute approximate surface area is 141 Å². The van der Waals surface area contributed by atoms with E-state index in [2.05, 4.69) is 10.2 Å². The van der Waals surface area contributed by atoms with Gasteiger partial charge in [0.15, 0.2) is 0 Å². The van der Waals surface area contributed by atoms with Crippen LogP contribution in [-0.4, -0.2) is 40.7 Å². The minimum Gasteiger partial charge on any atom is -0.488 e. The topological polar surface area (TPSA) is 58.2 Å². The van der Waals surface area contributed by atoms with Crippen molar-refractivity contribution in [3.05, 3.63) is 53.4 Å². The number of benzene rings is 1. The summed E-state index contributed by atoms with van der Waals surface area (Å²) in [5, 5.41) is 7.02. The lowest BCUT2D eigenvalue weighted by Crippen LogP contribution is -2.42. The number of carbonyl (C=O) groups excluding carboxylic acids is 1. The van der Waals surface area contributed by atoms with Crippen LogP contribution in [0.3, 0.4) is 0 Å². The van der Waals surface area contributed by atoms with Crippen LogP contribution in [0.4, 0.5) is 0 Å². The molecule has 0 bridgehead atoms. The molecule has 1 aromatic heterocycles. The standard InChI is InChI=1S/C19H21N3O2/c23-19(16-11-15-5-1-2-6-18(15)24-13-16)22-9-3-4-14(12-22)10-17-7-8-20-21-17/h1-2,5-8,11,14H,3-4,9-10,12-13H2,(H,20,21)/t14-/m0/s1. The van der Waals surface area contributed by atoms with Crippen molar-refractivity contribution in [2.24, 2.45) is 5.92 Å². The van der Waals surface area contributed by atoms with E-state index in [-0.39, 0.29) is 5.91 Å². The van der Waals surface area contributed by atoms with Crippen molar-refractivity contribution in [2.45, 2.75) is 19.3 Å². The van der Waals surface area contributed by atoms with Crippen LogP contribution in [0.5, 0.6) is 5.75 Å². The van der Waals surface area contributed by atoms with Gasteiger partial charge in [-0.3, -0.25) is 9.89 Å². The minimum absolute atomic E-state index is 0.110. The summed E-state index contributed by atoms with van der Waals surface area (Å²) >= 11 is 0. The Balaban J connectivity index is 1.45. The second-order valence-electron chi connectivity index (χ2n) is 6.54. The molecule has 1 N–H and O–H groups in total. The first-order valence-electron chi connectivity index (χ1n) is 8.49. The normalized spacial score (nSPS) is 20.1. The zero-order chi connectivity index (χ0) is 16.4. The molecule has 24 heavy (non-hydrogen) atoms. The maximum atomic E-state index is 12.9. The molecule has 1 saturated heterocycles. The van der Waals surface area contributed by atoms with E-state index in [9.17, 15) is 4.79 Å². The van der Waals surface area contributed by atoms with E-state index in [1.807, 2.05) is 41.3 Å². The average Bonchev–Trinajstić information content (AvgIpc) is 3.14. The molecule has 2 aliphatic rings. The third kappa shape index (κ3) is 3.07. The largest absolute Gasteiger partial charge is 0.488 e. The molecule has 3 heterocycles. The van der Waals surface area contributed by atoms with Crippen LogP contribution in [0.2, 0.25) is 0 Å². The molecule has 1 aromatic carbocycles. The van der Waals surface area contributed by atoms with Crippen molar-refractivity contribution in [1.82, 2.24) is 15.1 Å². The first-order valence-corrected chi connectivity index (χ1v) is 8.49. The number of hydrogen-bond acceptors (Lipinski definition) is 3. The van der Waals surface area contributed by atoms with E-state index in [1.165, 1.54) is 0 Å². The number of amides is 1. The van der Waals surface area contributed by atoms with Crippen LogP contribution in [0.15, 0.2) is 42.1 Å². The van der Waals surface area contributed by atoms with Crippen molar-refractivity contribution in [1.29, 1.82) is 0 Å².